The molecule has 0 atom stereocenters. The zero-order chi connectivity index (χ0) is 17.3. The van der Waals surface area contributed by atoms with Crippen molar-refractivity contribution in [2.45, 2.75) is 45.6 Å². The van der Waals surface area contributed by atoms with Crippen molar-refractivity contribution in [2.75, 3.05) is 19.7 Å². The Balaban J connectivity index is 1.62. The van der Waals surface area contributed by atoms with Gasteiger partial charge in [0, 0.05) is 13.1 Å². The van der Waals surface area contributed by atoms with Crippen LogP contribution in [-0.2, 0) is 4.79 Å². The Morgan fingerprint density at radius 2 is 2.04 bits per heavy atom. The summed E-state index contributed by atoms with van der Waals surface area (Å²) in [6.45, 7) is 7.62. The Labute approximate surface area is 142 Å². The number of rotatable bonds is 3. The van der Waals surface area contributed by atoms with Gasteiger partial charge in [-0.1, -0.05) is 6.92 Å². The molecule has 1 saturated heterocycles. The smallest absolute Gasteiger partial charge is 0.260 e. The molecule has 1 aromatic rings. The second-order valence-corrected chi connectivity index (χ2v) is 7.47. The first-order chi connectivity index (χ1) is 11.3. The molecule has 0 N–H and O–H groups in total. The lowest BCUT2D eigenvalue weighted by molar-refractivity contribution is -0.134. The van der Waals surface area contributed by atoms with Crippen LogP contribution in [0.3, 0.4) is 0 Å². The Morgan fingerprint density at radius 1 is 1.33 bits per heavy atom. The van der Waals surface area contributed by atoms with E-state index in [1.807, 2.05) is 18.7 Å². The number of carbonyl (C=O) groups excluding carboxylic acids is 2. The fourth-order valence-electron chi connectivity index (χ4n) is 3.22. The van der Waals surface area contributed by atoms with Crippen LogP contribution in [0.25, 0.3) is 0 Å². The van der Waals surface area contributed by atoms with Crippen molar-refractivity contribution < 1.29 is 19.1 Å². The van der Waals surface area contributed by atoms with Crippen LogP contribution >= 0.6 is 0 Å². The van der Waals surface area contributed by atoms with Crippen LogP contribution in [-0.4, -0.2) is 41.9 Å². The molecular weight excluding hydrogens is 306 g/mol. The number of Topliss-reactive ketones (excluding diaryl/α,β-unsaturated/α-hetero) is 1. The summed E-state index contributed by atoms with van der Waals surface area (Å²) < 4.78 is 11.4. The average Bonchev–Trinajstić information content (AvgIpc) is 2.52. The molecule has 0 bridgehead atoms. The summed E-state index contributed by atoms with van der Waals surface area (Å²) in [5.41, 5.74) is 0.0550. The Morgan fingerprint density at radius 3 is 2.75 bits per heavy atom. The summed E-state index contributed by atoms with van der Waals surface area (Å²) in [5, 5.41) is 0. The molecular formula is C19H25NO4. The van der Waals surface area contributed by atoms with Crippen molar-refractivity contribution in [3.8, 4) is 11.5 Å². The number of amides is 1. The summed E-state index contributed by atoms with van der Waals surface area (Å²) in [7, 11) is 0. The van der Waals surface area contributed by atoms with Crippen molar-refractivity contribution in [1.29, 1.82) is 0 Å². The summed E-state index contributed by atoms with van der Waals surface area (Å²) in [5.74, 6) is 1.85. The Hall–Kier alpha value is -2.04. The van der Waals surface area contributed by atoms with Gasteiger partial charge >= 0.3 is 0 Å². The van der Waals surface area contributed by atoms with Crippen LogP contribution < -0.4 is 9.47 Å². The van der Waals surface area contributed by atoms with E-state index in [-0.39, 0.29) is 18.3 Å². The normalized spacial score (nSPS) is 20.3. The number of piperidine rings is 1. The number of carbonyl (C=O) groups is 2. The maximum Gasteiger partial charge on any atom is 0.260 e. The first-order valence-corrected chi connectivity index (χ1v) is 8.61. The number of hydrogen-bond donors (Lipinski definition) is 0. The molecule has 1 fully saturated rings. The molecule has 0 aromatic heterocycles. The quantitative estimate of drug-likeness (QED) is 0.854. The van der Waals surface area contributed by atoms with E-state index in [2.05, 4.69) is 6.92 Å². The van der Waals surface area contributed by atoms with E-state index >= 15 is 0 Å². The van der Waals surface area contributed by atoms with Gasteiger partial charge in [-0.05, 0) is 50.8 Å². The van der Waals surface area contributed by atoms with E-state index < -0.39 is 5.60 Å². The van der Waals surface area contributed by atoms with Gasteiger partial charge in [-0.15, -0.1) is 0 Å². The standard InChI is InChI=1S/C19H25NO4/c1-13-6-8-20(9-7-13)18(22)12-23-14-4-5-17-15(10-14)16(21)11-19(2,3)24-17/h4-5,10,13H,6-9,11-12H2,1-3H3. The first kappa shape index (κ1) is 16.8. The highest BCUT2D eigenvalue weighted by Crippen LogP contribution is 2.35. The molecule has 2 heterocycles. The lowest BCUT2D eigenvalue weighted by atomic mass is 9.93. The van der Waals surface area contributed by atoms with Gasteiger partial charge in [-0.25, -0.2) is 0 Å². The van der Waals surface area contributed by atoms with Crippen LogP contribution in [0.1, 0.15) is 50.4 Å². The number of nitrogens with zero attached hydrogens (tertiary/aromatic N) is 1. The predicted molar refractivity (Wildman–Crippen MR) is 90.6 cm³/mol. The van der Waals surface area contributed by atoms with Crippen molar-refractivity contribution in [3.05, 3.63) is 23.8 Å². The Bertz CT molecular complexity index is 645. The van der Waals surface area contributed by atoms with Gasteiger partial charge in [-0.3, -0.25) is 9.59 Å². The number of fused-ring (bicyclic) bond motifs is 1. The van der Waals surface area contributed by atoms with E-state index in [1.165, 1.54) is 0 Å². The zero-order valence-corrected chi connectivity index (χ0v) is 14.6. The molecule has 3 rings (SSSR count). The van der Waals surface area contributed by atoms with E-state index in [1.54, 1.807) is 18.2 Å². The van der Waals surface area contributed by atoms with Crippen LogP contribution in [0.5, 0.6) is 11.5 Å². The predicted octanol–water partition coefficient (Wildman–Crippen LogP) is 3.07. The molecule has 130 valence electrons. The highest BCUT2D eigenvalue weighted by molar-refractivity contribution is 6.00. The number of ether oxygens (including phenoxy) is 2. The maximum absolute atomic E-state index is 12.3. The summed E-state index contributed by atoms with van der Waals surface area (Å²) >= 11 is 0. The summed E-state index contributed by atoms with van der Waals surface area (Å²) in [6.07, 6.45) is 2.44. The molecule has 2 aliphatic rings. The monoisotopic (exact) mass is 331 g/mol. The topological polar surface area (TPSA) is 55.8 Å². The highest BCUT2D eigenvalue weighted by atomic mass is 16.5. The molecule has 0 unspecified atom stereocenters. The molecule has 0 aliphatic carbocycles. The highest BCUT2D eigenvalue weighted by Gasteiger charge is 2.32. The minimum absolute atomic E-state index is 0.00308. The third-order valence-electron chi connectivity index (χ3n) is 4.72. The number of hydrogen-bond acceptors (Lipinski definition) is 4. The third kappa shape index (κ3) is 3.71. The fraction of sp³-hybridized carbons (Fsp3) is 0.579. The second-order valence-electron chi connectivity index (χ2n) is 7.47. The van der Waals surface area contributed by atoms with Crippen LogP contribution in [0.2, 0.25) is 0 Å². The fourth-order valence-corrected chi connectivity index (χ4v) is 3.22. The van der Waals surface area contributed by atoms with Gasteiger partial charge in [0.15, 0.2) is 12.4 Å². The maximum atomic E-state index is 12.3. The minimum Gasteiger partial charge on any atom is -0.487 e. The number of benzene rings is 1. The summed E-state index contributed by atoms with van der Waals surface area (Å²) in [4.78, 5) is 26.3. The molecule has 1 aromatic carbocycles. The van der Waals surface area contributed by atoms with Gasteiger partial charge in [0.05, 0.1) is 12.0 Å². The van der Waals surface area contributed by atoms with Crippen molar-refractivity contribution in [2.24, 2.45) is 5.92 Å². The van der Waals surface area contributed by atoms with Gasteiger partial charge in [0.1, 0.15) is 17.1 Å². The molecule has 24 heavy (non-hydrogen) atoms. The zero-order valence-electron chi connectivity index (χ0n) is 14.6. The van der Waals surface area contributed by atoms with E-state index in [4.69, 9.17) is 9.47 Å². The third-order valence-corrected chi connectivity index (χ3v) is 4.72. The molecule has 0 spiro atoms. The van der Waals surface area contributed by atoms with Crippen molar-refractivity contribution in [3.63, 3.8) is 0 Å². The lowest BCUT2D eigenvalue weighted by Gasteiger charge is -2.32. The SMILES string of the molecule is CC1CCN(C(=O)COc2ccc3c(c2)C(=O)CC(C)(C)O3)CC1. The average molecular weight is 331 g/mol. The molecule has 1 amide bonds. The van der Waals surface area contributed by atoms with Crippen LogP contribution in [0, 0.1) is 5.92 Å². The van der Waals surface area contributed by atoms with E-state index in [9.17, 15) is 9.59 Å². The largest absolute Gasteiger partial charge is 0.487 e. The summed E-state index contributed by atoms with van der Waals surface area (Å²) in [6, 6.07) is 5.17. The Kier molecular flexibility index (Phi) is 4.52. The second kappa shape index (κ2) is 6.46. The van der Waals surface area contributed by atoms with E-state index in [0.717, 1.165) is 25.9 Å². The van der Waals surface area contributed by atoms with Gasteiger partial charge < -0.3 is 14.4 Å². The van der Waals surface area contributed by atoms with Gasteiger partial charge in [0.2, 0.25) is 0 Å². The van der Waals surface area contributed by atoms with E-state index in [0.29, 0.717) is 29.4 Å². The van der Waals surface area contributed by atoms with Crippen LogP contribution in [0.4, 0.5) is 0 Å². The lowest BCUT2D eigenvalue weighted by Crippen LogP contribution is -2.40. The molecule has 5 nitrogen and oxygen atoms in total. The molecule has 0 saturated carbocycles. The van der Waals surface area contributed by atoms with Crippen molar-refractivity contribution in [1.82, 2.24) is 4.90 Å². The molecule has 5 heteroatoms. The minimum atomic E-state index is -0.478. The van der Waals surface area contributed by atoms with Crippen LogP contribution in [0.15, 0.2) is 18.2 Å². The number of ketones is 1. The van der Waals surface area contributed by atoms with Crippen molar-refractivity contribution >= 4 is 11.7 Å². The molecule has 0 radical (unpaired) electrons. The first-order valence-electron chi connectivity index (χ1n) is 8.61. The van der Waals surface area contributed by atoms with Gasteiger partial charge in [0.25, 0.3) is 5.91 Å². The van der Waals surface area contributed by atoms with Gasteiger partial charge in [-0.2, -0.15) is 0 Å². The number of likely N-dealkylation sites (tertiary alicyclic amines) is 1. The molecule has 2 aliphatic heterocycles.